The highest BCUT2D eigenvalue weighted by Gasteiger charge is 2.21. The Morgan fingerprint density at radius 3 is 2.64 bits per heavy atom. The quantitative estimate of drug-likeness (QED) is 0.801. The zero-order chi connectivity index (χ0) is 10.6. The minimum atomic E-state index is -1.04. The molecule has 14 heavy (non-hydrogen) atoms. The standard InChI is InChI=1S/C11H12FNO/c1-2-8(7-13)11(14)9-5-3-4-6-10(9)12/h3-6,8,11,14H,2H2,1H3. The van der Waals surface area contributed by atoms with Gasteiger partial charge in [0.05, 0.1) is 18.1 Å². The molecule has 0 fully saturated rings. The molecule has 0 aliphatic rings. The van der Waals surface area contributed by atoms with Crippen LogP contribution < -0.4 is 0 Å². The molecule has 3 heteroatoms. The third kappa shape index (κ3) is 2.09. The van der Waals surface area contributed by atoms with Crippen LogP contribution in [0.25, 0.3) is 0 Å². The highest BCUT2D eigenvalue weighted by molar-refractivity contribution is 5.21. The fourth-order valence-electron chi connectivity index (χ4n) is 1.32. The summed E-state index contributed by atoms with van der Waals surface area (Å²) >= 11 is 0. The molecule has 0 saturated heterocycles. The lowest BCUT2D eigenvalue weighted by atomic mass is 9.94. The third-order valence-corrected chi connectivity index (χ3v) is 2.21. The van der Waals surface area contributed by atoms with Crippen LogP contribution in [0.2, 0.25) is 0 Å². The second kappa shape index (κ2) is 4.73. The first kappa shape index (κ1) is 10.7. The van der Waals surface area contributed by atoms with Crippen molar-refractivity contribution in [1.29, 1.82) is 5.26 Å². The molecule has 1 N–H and O–H groups in total. The lowest BCUT2D eigenvalue weighted by Crippen LogP contribution is -2.11. The molecule has 0 spiro atoms. The van der Waals surface area contributed by atoms with Gasteiger partial charge in [0.1, 0.15) is 5.82 Å². The first-order chi connectivity index (χ1) is 6.70. The van der Waals surface area contributed by atoms with Crippen molar-refractivity contribution in [1.82, 2.24) is 0 Å². The lowest BCUT2D eigenvalue weighted by molar-refractivity contribution is 0.128. The van der Waals surface area contributed by atoms with Gasteiger partial charge in [-0.1, -0.05) is 25.1 Å². The van der Waals surface area contributed by atoms with Crippen LogP contribution in [0.1, 0.15) is 25.0 Å². The van der Waals surface area contributed by atoms with E-state index in [2.05, 4.69) is 0 Å². The Bertz CT molecular complexity index is 345. The second-order valence-electron chi connectivity index (χ2n) is 3.11. The van der Waals surface area contributed by atoms with Crippen molar-refractivity contribution >= 4 is 0 Å². The van der Waals surface area contributed by atoms with E-state index < -0.39 is 17.8 Å². The highest BCUT2D eigenvalue weighted by atomic mass is 19.1. The van der Waals surface area contributed by atoms with Crippen LogP contribution in [0.3, 0.4) is 0 Å². The van der Waals surface area contributed by atoms with Crippen LogP contribution in [-0.2, 0) is 0 Å². The first-order valence-corrected chi connectivity index (χ1v) is 4.52. The summed E-state index contributed by atoms with van der Waals surface area (Å²) in [7, 11) is 0. The number of nitriles is 1. The van der Waals surface area contributed by atoms with Crippen LogP contribution >= 0.6 is 0 Å². The van der Waals surface area contributed by atoms with E-state index >= 15 is 0 Å². The fraction of sp³-hybridized carbons (Fsp3) is 0.364. The molecular formula is C11H12FNO. The van der Waals surface area contributed by atoms with Crippen molar-refractivity contribution in [3.63, 3.8) is 0 Å². The van der Waals surface area contributed by atoms with Gasteiger partial charge in [0.2, 0.25) is 0 Å². The predicted molar refractivity (Wildman–Crippen MR) is 50.8 cm³/mol. The largest absolute Gasteiger partial charge is 0.387 e. The van der Waals surface area contributed by atoms with Crippen molar-refractivity contribution in [2.45, 2.75) is 19.4 Å². The molecule has 1 aromatic carbocycles. The Morgan fingerprint density at radius 1 is 1.50 bits per heavy atom. The smallest absolute Gasteiger partial charge is 0.129 e. The molecular weight excluding hydrogens is 181 g/mol. The van der Waals surface area contributed by atoms with Crippen LogP contribution in [0.4, 0.5) is 4.39 Å². The third-order valence-electron chi connectivity index (χ3n) is 2.21. The fourth-order valence-corrected chi connectivity index (χ4v) is 1.32. The molecule has 1 aromatic rings. The molecule has 74 valence electrons. The average Bonchev–Trinajstić information content (AvgIpc) is 2.20. The van der Waals surface area contributed by atoms with Crippen LogP contribution in [0.15, 0.2) is 24.3 Å². The maximum Gasteiger partial charge on any atom is 0.129 e. The monoisotopic (exact) mass is 193 g/mol. The summed E-state index contributed by atoms with van der Waals surface area (Å²) in [6.07, 6.45) is -0.530. The van der Waals surface area contributed by atoms with E-state index in [0.717, 1.165) is 0 Å². The van der Waals surface area contributed by atoms with Gasteiger partial charge in [-0.3, -0.25) is 0 Å². The van der Waals surface area contributed by atoms with Crippen molar-refractivity contribution in [3.8, 4) is 6.07 Å². The number of hydrogen-bond donors (Lipinski definition) is 1. The number of benzene rings is 1. The van der Waals surface area contributed by atoms with Gasteiger partial charge in [0, 0.05) is 5.56 Å². The Balaban J connectivity index is 2.95. The van der Waals surface area contributed by atoms with Crippen LogP contribution in [0, 0.1) is 23.1 Å². The van der Waals surface area contributed by atoms with Crippen molar-refractivity contribution < 1.29 is 9.50 Å². The normalized spacial score (nSPS) is 14.4. The highest BCUT2D eigenvalue weighted by Crippen LogP contribution is 2.25. The molecule has 0 bridgehead atoms. The minimum Gasteiger partial charge on any atom is -0.387 e. The van der Waals surface area contributed by atoms with E-state index in [0.29, 0.717) is 6.42 Å². The molecule has 0 amide bonds. The number of nitrogens with zero attached hydrogens (tertiary/aromatic N) is 1. The maximum absolute atomic E-state index is 13.2. The SMILES string of the molecule is CCC(C#N)C(O)c1ccccc1F. The number of aliphatic hydroxyl groups excluding tert-OH is 1. The predicted octanol–water partition coefficient (Wildman–Crippen LogP) is 2.41. The Labute approximate surface area is 82.6 Å². The maximum atomic E-state index is 13.2. The molecule has 1 rings (SSSR count). The molecule has 0 radical (unpaired) electrons. The summed E-state index contributed by atoms with van der Waals surface area (Å²) in [5.74, 6) is -1.01. The van der Waals surface area contributed by atoms with Gasteiger partial charge in [0.15, 0.2) is 0 Å². The van der Waals surface area contributed by atoms with E-state index in [1.54, 1.807) is 19.1 Å². The summed E-state index contributed by atoms with van der Waals surface area (Å²) in [5, 5.41) is 18.4. The van der Waals surface area contributed by atoms with Gasteiger partial charge in [-0.15, -0.1) is 0 Å². The van der Waals surface area contributed by atoms with Crippen LogP contribution in [-0.4, -0.2) is 5.11 Å². The molecule has 0 aliphatic carbocycles. The zero-order valence-electron chi connectivity index (χ0n) is 7.94. The Kier molecular flexibility index (Phi) is 3.61. The Morgan fingerprint density at radius 2 is 2.14 bits per heavy atom. The van der Waals surface area contributed by atoms with Gasteiger partial charge >= 0.3 is 0 Å². The number of rotatable bonds is 3. The van der Waals surface area contributed by atoms with Gasteiger partial charge < -0.3 is 5.11 Å². The molecule has 2 nitrogen and oxygen atoms in total. The topological polar surface area (TPSA) is 44.0 Å². The first-order valence-electron chi connectivity index (χ1n) is 4.52. The summed E-state index contributed by atoms with van der Waals surface area (Å²) in [5.41, 5.74) is 0.195. The molecule has 2 atom stereocenters. The summed E-state index contributed by atoms with van der Waals surface area (Å²) in [4.78, 5) is 0. The molecule has 0 aliphatic heterocycles. The molecule has 0 heterocycles. The molecule has 2 unspecified atom stereocenters. The van der Waals surface area contributed by atoms with E-state index in [1.165, 1.54) is 12.1 Å². The summed E-state index contributed by atoms with van der Waals surface area (Å²) in [6, 6.07) is 7.94. The number of hydrogen-bond acceptors (Lipinski definition) is 2. The van der Waals surface area contributed by atoms with Crippen molar-refractivity contribution in [3.05, 3.63) is 35.6 Å². The Hall–Kier alpha value is -1.40. The second-order valence-corrected chi connectivity index (χ2v) is 3.11. The summed E-state index contributed by atoms with van der Waals surface area (Å²) in [6.45, 7) is 1.79. The number of aliphatic hydroxyl groups is 1. The van der Waals surface area contributed by atoms with E-state index in [-0.39, 0.29) is 5.56 Å². The average molecular weight is 193 g/mol. The van der Waals surface area contributed by atoms with Crippen molar-refractivity contribution in [2.75, 3.05) is 0 Å². The zero-order valence-corrected chi connectivity index (χ0v) is 7.94. The summed E-state index contributed by atoms with van der Waals surface area (Å²) < 4.78 is 13.2. The van der Waals surface area contributed by atoms with E-state index in [9.17, 15) is 9.50 Å². The van der Waals surface area contributed by atoms with E-state index in [4.69, 9.17) is 5.26 Å². The van der Waals surface area contributed by atoms with Crippen LogP contribution in [0.5, 0.6) is 0 Å². The lowest BCUT2D eigenvalue weighted by Gasteiger charge is -2.15. The molecule has 0 saturated carbocycles. The van der Waals surface area contributed by atoms with Gasteiger partial charge in [0.25, 0.3) is 0 Å². The number of halogens is 1. The molecule has 0 aromatic heterocycles. The van der Waals surface area contributed by atoms with Gasteiger partial charge in [-0.25, -0.2) is 4.39 Å². The van der Waals surface area contributed by atoms with Gasteiger partial charge in [-0.05, 0) is 12.5 Å². The minimum absolute atomic E-state index is 0.195. The van der Waals surface area contributed by atoms with Crippen molar-refractivity contribution in [2.24, 2.45) is 5.92 Å². The van der Waals surface area contributed by atoms with Gasteiger partial charge in [-0.2, -0.15) is 5.26 Å². The van der Waals surface area contributed by atoms with E-state index in [1.807, 2.05) is 6.07 Å².